The lowest BCUT2D eigenvalue weighted by molar-refractivity contribution is -0.137. The van der Waals surface area contributed by atoms with Crippen LogP contribution < -0.4 is 4.74 Å². The average Bonchev–Trinajstić information content (AvgIpc) is 3.22. The van der Waals surface area contributed by atoms with E-state index in [2.05, 4.69) is 0 Å². The molecule has 108 valence electrons. The van der Waals surface area contributed by atoms with Crippen LogP contribution >= 0.6 is 0 Å². The maximum absolute atomic E-state index is 12.4. The molecule has 0 radical (unpaired) electrons. The minimum atomic E-state index is -0.942. The van der Waals surface area contributed by atoms with E-state index in [9.17, 15) is 14.7 Å². The second-order valence-electron chi connectivity index (χ2n) is 4.76. The Bertz CT molecular complexity index is 524. The van der Waals surface area contributed by atoms with Crippen LogP contribution in [0.5, 0.6) is 11.5 Å². The lowest BCUT2D eigenvalue weighted by Crippen LogP contribution is -2.35. The van der Waals surface area contributed by atoms with Crippen molar-refractivity contribution < 1.29 is 24.5 Å². The normalized spacial score (nSPS) is 13.8. The number of carbonyl (C=O) groups is 2. The standard InChI is InChI=1S/C14H17NO5/c1-20-10-4-5-11(12(16)8-10)14(19)15(9-2-3-9)7-6-13(17)18/h4-5,8-9,16H,2-3,6-7H2,1H3,(H,17,18). The third kappa shape index (κ3) is 3.20. The zero-order chi connectivity index (χ0) is 14.7. The molecule has 0 saturated heterocycles. The van der Waals surface area contributed by atoms with Crippen molar-refractivity contribution in [3.63, 3.8) is 0 Å². The first-order valence-electron chi connectivity index (χ1n) is 6.42. The van der Waals surface area contributed by atoms with Gasteiger partial charge in [-0.2, -0.15) is 0 Å². The molecule has 1 amide bonds. The lowest BCUT2D eigenvalue weighted by atomic mass is 10.1. The van der Waals surface area contributed by atoms with E-state index in [0.29, 0.717) is 5.75 Å². The number of hydrogen-bond donors (Lipinski definition) is 2. The number of ether oxygens (including phenoxy) is 1. The van der Waals surface area contributed by atoms with E-state index in [0.717, 1.165) is 12.8 Å². The number of carbonyl (C=O) groups excluding carboxylic acids is 1. The summed E-state index contributed by atoms with van der Waals surface area (Å²) >= 11 is 0. The van der Waals surface area contributed by atoms with Crippen LogP contribution in [0.1, 0.15) is 29.6 Å². The van der Waals surface area contributed by atoms with Gasteiger partial charge in [0, 0.05) is 18.7 Å². The van der Waals surface area contributed by atoms with Crippen molar-refractivity contribution in [1.82, 2.24) is 4.90 Å². The van der Waals surface area contributed by atoms with Gasteiger partial charge in [-0.3, -0.25) is 9.59 Å². The molecule has 1 saturated carbocycles. The highest BCUT2D eigenvalue weighted by molar-refractivity contribution is 5.97. The minimum Gasteiger partial charge on any atom is -0.507 e. The summed E-state index contributed by atoms with van der Waals surface area (Å²) in [6, 6.07) is 4.54. The van der Waals surface area contributed by atoms with Gasteiger partial charge in [0.2, 0.25) is 0 Å². The van der Waals surface area contributed by atoms with E-state index in [4.69, 9.17) is 9.84 Å². The van der Waals surface area contributed by atoms with E-state index in [1.807, 2.05) is 0 Å². The molecular formula is C14H17NO5. The fraction of sp³-hybridized carbons (Fsp3) is 0.429. The van der Waals surface area contributed by atoms with Crippen molar-refractivity contribution in [2.45, 2.75) is 25.3 Å². The Kier molecular flexibility index (Phi) is 4.12. The van der Waals surface area contributed by atoms with Gasteiger partial charge in [-0.1, -0.05) is 0 Å². The fourth-order valence-corrected chi connectivity index (χ4v) is 2.03. The summed E-state index contributed by atoms with van der Waals surface area (Å²) in [5.74, 6) is -0.978. The van der Waals surface area contributed by atoms with Crippen LogP contribution in [0.25, 0.3) is 0 Å². The molecule has 0 bridgehead atoms. The number of phenolic OH excluding ortho intramolecular Hbond substituents is 1. The van der Waals surface area contributed by atoms with Crippen molar-refractivity contribution in [3.8, 4) is 11.5 Å². The van der Waals surface area contributed by atoms with Gasteiger partial charge in [0.15, 0.2) is 0 Å². The Morgan fingerprint density at radius 3 is 2.60 bits per heavy atom. The molecule has 6 heteroatoms. The second kappa shape index (κ2) is 5.81. The maximum Gasteiger partial charge on any atom is 0.305 e. The van der Waals surface area contributed by atoms with Gasteiger partial charge in [-0.05, 0) is 25.0 Å². The molecule has 0 unspecified atom stereocenters. The largest absolute Gasteiger partial charge is 0.507 e. The number of aromatic hydroxyl groups is 1. The Morgan fingerprint density at radius 1 is 1.40 bits per heavy atom. The molecular weight excluding hydrogens is 262 g/mol. The molecule has 1 aromatic rings. The van der Waals surface area contributed by atoms with Crippen LogP contribution in [0.2, 0.25) is 0 Å². The van der Waals surface area contributed by atoms with Crippen molar-refractivity contribution in [1.29, 1.82) is 0 Å². The van der Waals surface area contributed by atoms with Crippen molar-refractivity contribution >= 4 is 11.9 Å². The number of aliphatic carboxylic acids is 1. The number of hydrogen-bond acceptors (Lipinski definition) is 4. The summed E-state index contributed by atoms with van der Waals surface area (Å²) in [5, 5.41) is 18.6. The highest BCUT2D eigenvalue weighted by atomic mass is 16.5. The van der Waals surface area contributed by atoms with Crippen LogP contribution in [0, 0.1) is 0 Å². The molecule has 2 N–H and O–H groups in total. The van der Waals surface area contributed by atoms with Crippen LogP contribution in [0.3, 0.4) is 0 Å². The second-order valence-corrected chi connectivity index (χ2v) is 4.76. The van der Waals surface area contributed by atoms with Crippen LogP contribution in [0.15, 0.2) is 18.2 Å². The fourth-order valence-electron chi connectivity index (χ4n) is 2.03. The van der Waals surface area contributed by atoms with E-state index in [1.54, 1.807) is 6.07 Å². The average molecular weight is 279 g/mol. The van der Waals surface area contributed by atoms with E-state index >= 15 is 0 Å². The third-order valence-corrected chi connectivity index (χ3v) is 3.25. The zero-order valence-electron chi connectivity index (χ0n) is 11.2. The lowest BCUT2D eigenvalue weighted by Gasteiger charge is -2.22. The molecule has 0 aliphatic heterocycles. The third-order valence-electron chi connectivity index (χ3n) is 3.25. The van der Waals surface area contributed by atoms with Crippen LogP contribution in [0.4, 0.5) is 0 Å². The van der Waals surface area contributed by atoms with Gasteiger partial charge < -0.3 is 19.8 Å². The first-order chi connectivity index (χ1) is 9.52. The van der Waals surface area contributed by atoms with Crippen molar-refractivity contribution in [2.75, 3.05) is 13.7 Å². The number of methoxy groups -OCH3 is 1. The highest BCUT2D eigenvalue weighted by Gasteiger charge is 2.34. The first-order valence-corrected chi connectivity index (χ1v) is 6.42. The SMILES string of the molecule is COc1ccc(C(=O)N(CCC(=O)O)C2CC2)c(O)c1. The molecule has 6 nitrogen and oxygen atoms in total. The van der Waals surface area contributed by atoms with Crippen molar-refractivity contribution in [3.05, 3.63) is 23.8 Å². The summed E-state index contributed by atoms with van der Waals surface area (Å²) in [7, 11) is 1.47. The van der Waals surface area contributed by atoms with Crippen molar-refractivity contribution in [2.24, 2.45) is 0 Å². The number of phenols is 1. The van der Waals surface area contributed by atoms with Gasteiger partial charge in [0.1, 0.15) is 11.5 Å². The zero-order valence-corrected chi connectivity index (χ0v) is 11.2. The molecule has 20 heavy (non-hydrogen) atoms. The number of amides is 1. The molecule has 1 aliphatic carbocycles. The molecule has 1 aromatic carbocycles. The first kappa shape index (κ1) is 14.2. The Balaban J connectivity index is 2.16. The highest BCUT2D eigenvalue weighted by Crippen LogP contribution is 2.31. The smallest absolute Gasteiger partial charge is 0.305 e. The van der Waals surface area contributed by atoms with Gasteiger partial charge in [0.05, 0.1) is 19.1 Å². The number of carboxylic acid groups (broad SMARTS) is 1. The summed E-state index contributed by atoms with van der Waals surface area (Å²) in [5.41, 5.74) is 0.170. The monoisotopic (exact) mass is 279 g/mol. The number of rotatable bonds is 6. The summed E-state index contributed by atoms with van der Waals surface area (Å²) < 4.78 is 4.97. The summed E-state index contributed by atoms with van der Waals surface area (Å²) in [6.45, 7) is 0.157. The predicted molar refractivity (Wildman–Crippen MR) is 71.0 cm³/mol. The molecule has 0 heterocycles. The van der Waals surface area contributed by atoms with Gasteiger partial charge >= 0.3 is 5.97 Å². The topological polar surface area (TPSA) is 87.1 Å². The number of nitrogens with zero attached hydrogens (tertiary/aromatic N) is 1. The minimum absolute atomic E-state index is 0.0864. The van der Waals surface area contributed by atoms with Crippen LogP contribution in [-0.4, -0.2) is 46.7 Å². The summed E-state index contributed by atoms with van der Waals surface area (Å²) in [6.07, 6.45) is 1.66. The van der Waals surface area contributed by atoms with E-state index < -0.39 is 5.97 Å². The molecule has 1 aliphatic rings. The maximum atomic E-state index is 12.4. The Hall–Kier alpha value is -2.24. The quantitative estimate of drug-likeness (QED) is 0.823. The molecule has 1 fully saturated rings. The Labute approximate surface area is 116 Å². The van der Waals surface area contributed by atoms with E-state index in [-0.39, 0.29) is 36.2 Å². The number of benzene rings is 1. The molecule has 0 aromatic heterocycles. The molecule has 0 atom stereocenters. The van der Waals surface area contributed by atoms with Gasteiger partial charge in [-0.15, -0.1) is 0 Å². The van der Waals surface area contributed by atoms with E-state index in [1.165, 1.54) is 24.1 Å². The van der Waals surface area contributed by atoms with Crippen LogP contribution in [-0.2, 0) is 4.79 Å². The molecule has 2 rings (SSSR count). The summed E-state index contributed by atoms with van der Waals surface area (Å²) in [4.78, 5) is 24.6. The van der Waals surface area contributed by atoms with Gasteiger partial charge in [0.25, 0.3) is 5.91 Å². The molecule has 0 spiro atoms. The number of carboxylic acids is 1. The van der Waals surface area contributed by atoms with Gasteiger partial charge in [-0.25, -0.2) is 0 Å². The Morgan fingerprint density at radius 2 is 2.10 bits per heavy atom. The predicted octanol–water partition coefficient (Wildman–Crippen LogP) is 1.48.